The van der Waals surface area contributed by atoms with Gasteiger partial charge >= 0.3 is 11.9 Å². The lowest BCUT2D eigenvalue weighted by atomic mass is 9.49. The predicted octanol–water partition coefficient (Wildman–Crippen LogP) is 4.93. The predicted molar refractivity (Wildman–Crippen MR) is 132 cm³/mol. The number of hydrogen-bond acceptors (Lipinski definition) is 6. The van der Waals surface area contributed by atoms with Crippen molar-refractivity contribution in [3.05, 3.63) is 0 Å². The van der Waals surface area contributed by atoms with Crippen LogP contribution in [0.4, 0.5) is 0 Å². The Bertz CT molecular complexity index is 882. The molecule has 0 aromatic carbocycles. The second kappa shape index (κ2) is 8.69. The smallest absolute Gasteiger partial charge is 0.341 e. The van der Waals surface area contributed by atoms with E-state index in [1.165, 1.54) is 38.5 Å². The van der Waals surface area contributed by atoms with Crippen LogP contribution >= 0.6 is 0 Å². The molecule has 8 heteroatoms. The van der Waals surface area contributed by atoms with E-state index >= 15 is 0 Å². The van der Waals surface area contributed by atoms with Crippen LogP contribution < -0.4 is 0 Å². The Morgan fingerprint density at radius 3 is 1.22 bits per heavy atom. The Morgan fingerprint density at radius 2 is 0.972 bits per heavy atom. The Kier molecular flexibility index (Phi) is 6.07. The van der Waals surface area contributed by atoms with E-state index in [2.05, 4.69) is 0 Å². The van der Waals surface area contributed by atoms with Crippen molar-refractivity contribution >= 4 is 22.1 Å². The molecule has 36 heavy (non-hydrogen) atoms. The Morgan fingerprint density at radius 1 is 0.694 bits per heavy atom. The molecule has 8 bridgehead atoms. The Hall–Kier alpha value is -1.15. The maximum absolute atomic E-state index is 13.0. The highest BCUT2D eigenvalue weighted by atomic mass is 32.2. The molecule has 8 fully saturated rings. The third-order valence-corrected chi connectivity index (χ3v) is 12.7. The van der Waals surface area contributed by atoms with Gasteiger partial charge < -0.3 is 9.47 Å². The molecule has 202 valence electrons. The first-order chi connectivity index (χ1) is 17.0. The van der Waals surface area contributed by atoms with Gasteiger partial charge in [0.1, 0.15) is 0 Å². The topological polar surface area (TPSA) is 107 Å². The summed E-state index contributed by atoms with van der Waals surface area (Å²) in [5.41, 5.74) is 0.337. The minimum absolute atomic E-state index is 0.0661. The average molecular weight is 523 g/mol. The van der Waals surface area contributed by atoms with Crippen LogP contribution in [0.5, 0.6) is 0 Å². The first kappa shape index (κ1) is 25.1. The second-order valence-electron chi connectivity index (χ2n) is 14.1. The quantitative estimate of drug-likeness (QED) is 0.260. The average Bonchev–Trinajstić information content (AvgIpc) is 2.75. The third-order valence-electron chi connectivity index (χ3n) is 11.4. The largest absolute Gasteiger partial charge is 0.464 e. The van der Waals surface area contributed by atoms with Crippen molar-refractivity contribution < 1.29 is 32.0 Å². The lowest BCUT2D eigenvalue weighted by Crippen LogP contribution is -2.53. The third kappa shape index (κ3) is 4.32. The van der Waals surface area contributed by atoms with Crippen LogP contribution in [0.15, 0.2) is 0 Å². The van der Waals surface area contributed by atoms with Crippen LogP contribution in [0.2, 0.25) is 0 Å². The lowest BCUT2D eigenvalue weighted by molar-refractivity contribution is -0.161. The van der Waals surface area contributed by atoms with Crippen molar-refractivity contribution in [3.8, 4) is 0 Å². The molecule has 0 aromatic heterocycles. The van der Waals surface area contributed by atoms with Gasteiger partial charge in [-0.15, -0.1) is 0 Å². The maximum atomic E-state index is 13.0. The molecular formula is C28H42O7S. The second-order valence-corrected chi connectivity index (χ2v) is 15.9. The van der Waals surface area contributed by atoms with Gasteiger partial charge in [0.15, 0.2) is 0 Å². The molecule has 8 aliphatic carbocycles. The van der Waals surface area contributed by atoms with Crippen LogP contribution in [0.1, 0.15) is 96.8 Å². The zero-order chi connectivity index (χ0) is 25.3. The molecule has 0 unspecified atom stereocenters. The first-order valence-corrected chi connectivity index (χ1v) is 15.7. The molecule has 0 aliphatic heterocycles. The molecule has 8 saturated carbocycles. The van der Waals surface area contributed by atoms with Crippen LogP contribution in [0.25, 0.3) is 0 Å². The van der Waals surface area contributed by atoms with Gasteiger partial charge in [0.05, 0.1) is 13.2 Å². The van der Waals surface area contributed by atoms with Gasteiger partial charge in [0.25, 0.3) is 14.9 Å². The fourth-order valence-electron chi connectivity index (χ4n) is 10.5. The van der Waals surface area contributed by atoms with Gasteiger partial charge in [0.2, 0.25) is 0 Å². The summed E-state index contributed by atoms with van der Waals surface area (Å²) in [6.45, 7) is 1.05. The molecule has 0 heterocycles. The molecule has 1 N–H and O–H groups in total. The minimum atomic E-state index is -5.06. The number of carbonyl (C=O) groups excluding carboxylic acids is 2. The van der Waals surface area contributed by atoms with Gasteiger partial charge in [-0.25, -0.2) is 9.59 Å². The van der Waals surface area contributed by atoms with E-state index in [1.807, 2.05) is 0 Å². The Balaban J connectivity index is 1.05. The van der Waals surface area contributed by atoms with Crippen molar-refractivity contribution in [2.45, 2.75) is 102 Å². The SMILES string of the molecule is CC(C(=O)OCCC12CC3CC(CC(C3)C1)C2)(C(=O)OCCC12CC3CC(CC(C3)C1)C2)S(=O)(=O)O. The molecular weight excluding hydrogens is 480 g/mol. The molecule has 7 nitrogen and oxygen atoms in total. The molecule has 8 aliphatic rings. The molecule has 0 saturated heterocycles. The fourth-order valence-corrected chi connectivity index (χ4v) is 11.0. The summed E-state index contributed by atoms with van der Waals surface area (Å²) in [7, 11) is -5.06. The molecule has 0 radical (unpaired) electrons. The van der Waals surface area contributed by atoms with Crippen LogP contribution in [-0.4, -0.2) is 42.9 Å². The van der Waals surface area contributed by atoms with Gasteiger partial charge in [-0.1, -0.05) is 0 Å². The van der Waals surface area contributed by atoms with Gasteiger partial charge in [0, 0.05) is 0 Å². The maximum Gasteiger partial charge on any atom is 0.341 e. The van der Waals surface area contributed by atoms with E-state index in [0.717, 1.165) is 81.0 Å². The monoisotopic (exact) mass is 522 g/mol. The summed E-state index contributed by atoms with van der Waals surface area (Å²) in [6.07, 6.45) is 16.2. The number of esters is 2. The van der Waals surface area contributed by atoms with Crippen LogP contribution in [0, 0.1) is 46.3 Å². The number of rotatable bonds is 9. The summed E-state index contributed by atoms with van der Waals surface area (Å²) >= 11 is 0. The lowest BCUT2D eigenvalue weighted by Gasteiger charge is -2.57. The van der Waals surface area contributed by atoms with E-state index < -0.39 is 26.8 Å². The van der Waals surface area contributed by atoms with E-state index in [9.17, 15) is 22.6 Å². The van der Waals surface area contributed by atoms with Crippen molar-refractivity contribution in [3.63, 3.8) is 0 Å². The number of carbonyl (C=O) groups is 2. The molecule has 8 rings (SSSR count). The molecule has 0 spiro atoms. The summed E-state index contributed by atoms with van der Waals surface area (Å²) in [5, 5.41) is 0. The highest BCUT2D eigenvalue weighted by molar-refractivity contribution is 7.89. The standard InChI is InChI=1S/C28H42O7S/c1-26(36(31,32)33,24(29)34-4-2-27-12-18-6-19(13-27)8-20(7-18)14-27)25(30)35-5-3-28-15-21-9-22(16-28)11-23(10-21)17-28/h18-23H,2-17H2,1H3,(H,31,32,33). The highest BCUT2D eigenvalue weighted by Crippen LogP contribution is 2.62. The van der Waals surface area contributed by atoms with E-state index in [0.29, 0.717) is 12.8 Å². The molecule has 0 aromatic rings. The normalized spacial score (nSPS) is 43.8. The Labute approximate surface area is 215 Å². The van der Waals surface area contributed by atoms with Gasteiger partial charge in [-0.3, -0.25) is 4.55 Å². The number of ether oxygens (including phenoxy) is 2. The van der Waals surface area contributed by atoms with E-state index in [1.54, 1.807) is 0 Å². The van der Waals surface area contributed by atoms with Crippen molar-refractivity contribution in [1.29, 1.82) is 0 Å². The highest BCUT2D eigenvalue weighted by Gasteiger charge is 2.57. The van der Waals surface area contributed by atoms with Crippen molar-refractivity contribution in [2.24, 2.45) is 46.3 Å². The summed E-state index contributed by atoms with van der Waals surface area (Å²) < 4.78 is 42.5. The van der Waals surface area contributed by atoms with Gasteiger partial charge in [-0.2, -0.15) is 8.42 Å². The summed E-state index contributed by atoms with van der Waals surface area (Å²) in [5.74, 6) is 2.12. The van der Waals surface area contributed by atoms with E-state index in [-0.39, 0.29) is 24.0 Å². The van der Waals surface area contributed by atoms with Crippen LogP contribution in [-0.2, 0) is 29.2 Å². The van der Waals surface area contributed by atoms with E-state index in [4.69, 9.17) is 9.47 Å². The zero-order valence-corrected chi connectivity index (χ0v) is 22.4. The summed E-state index contributed by atoms with van der Waals surface area (Å²) in [6, 6.07) is 0. The van der Waals surface area contributed by atoms with Gasteiger partial charge in [-0.05, 0) is 143 Å². The number of hydrogen-bond donors (Lipinski definition) is 1. The van der Waals surface area contributed by atoms with Crippen LogP contribution in [0.3, 0.4) is 0 Å². The zero-order valence-electron chi connectivity index (χ0n) is 21.6. The first-order valence-electron chi connectivity index (χ1n) is 14.3. The van der Waals surface area contributed by atoms with Crippen molar-refractivity contribution in [2.75, 3.05) is 13.2 Å². The van der Waals surface area contributed by atoms with Crippen molar-refractivity contribution in [1.82, 2.24) is 0 Å². The fraction of sp³-hybridized carbons (Fsp3) is 0.929. The molecule has 0 amide bonds. The summed E-state index contributed by atoms with van der Waals surface area (Å²) in [4.78, 5) is 25.9. The molecule has 0 atom stereocenters. The minimum Gasteiger partial charge on any atom is -0.464 e.